The van der Waals surface area contributed by atoms with Crippen molar-refractivity contribution in [2.75, 3.05) is 13.7 Å². The SMILES string of the molecule is COc1ccc(C2=NN(C3CCCC3)C[C@H]3CC=CC[C@@H]23)cc1OC1CCCC1. The number of benzene rings is 1. The molecular weight excluding hydrogens is 360 g/mol. The van der Waals surface area contributed by atoms with Gasteiger partial charge in [-0.2, -0.15) is 5.10 Å². The molecule has 29 heavy (non-hydrogen) atoms. The normalized spacial score (nSPS) is 27.8. The molecule has 4 heteroatoms. The first-order valence-corrected chi connectivity index (χ1v) is 11.7. The lowest BCUT2D eigenvalue weighted by Gasteiger charge is -2.41. The fraction of sp³-hybridized carbons (Fsp3) is 0.640. The second kappa shape index (κ2) is 8.41. The molecule has 0 bridgehead atoms. The topological polar surface area (TPSA) is 34.1 Å². The Morgan fingerprint density at radius 2 is 1.69 bits per heavy atom. The van der Waals surface area contributed by atoms with E-state index in [-0.39, 0.29) is 0 Å². The minimum atomic E-state index is 0.327. The van der Waals surface area contributed by atoms with Gasteiger partial charge in [0.1, 0.15) is 0 Å². The van der Waals surface area contributed by atoms with Crippen LogP contribution in [0.15, 0.2) is 35.5 Å². The summed E-state index contributed by atoms with van der Waals surface area (Å²) in [6, 6.07) is 7.09. The zero-order chi connectivity index (χ0) is 19.6. The van der Waals surface area contributed by atoms with Crippen molar-refractivity contribution in [3.63, 3.8) is 0 Å². The highest BCUT2D eigenvalue weighted by molar-refractivity contribution is 6.03. The quantitative estimate of drug-likeness (QED) is 0.613. The summed E-state index contributed by atoms with van der Waals surface area (Å²) in [5.41, 5.74) is 2.48. The van der Waals surface area contributed by atoms with Crippen LogP contribution in [-0.4, -0.2) is 36.5 Å². The molecule has 0 radical (unpaired) electrons. The molecule has 0 N–H and O–H groups in total. The van der Waals surface area contributed by atoms with Crippen LogP contribution in [0.4, 0.5) is 0 Å². The molecule has 4 aliphatic rings. The van der Waals surface area contributed by atoms with Crippen molar-refractivity contribution in [1.82, 2.24) is 5.01 Å². The summed E-state index contributed by atoms with van der Waals surface area (Å²) in [4.78, 5) is 0. The Morgan fingerprint density at radius 1 is 0.931 bits per heavy atom. The summed E-state index contributed by atoms with van der Waals surface area (Å²) in [7, 11) is 1.73. The third kappa shape index (κ3) is 3.91. The van der Waals surface area contributed by atoms with Crippen LogP contribution in [0, 0.1) is 11.8 Å². The van der Waals surface area contributed by atoms with E-state index in [1.54, 1.807) is 7.11 Å². The van der Waals surface area contributed by atoms with Crippen molar-refractivity contribution >= 4 is 5.71 Å². The number of nitrogens with zero attached hydrogens (tertiary/aromatic N) is 2. The van der Waals surface area contributed by atoms with Gasteiger partial charge in [0.15, 0.2) is 11.5 Å². The molecule has 4 nitrogen and oxygen atoms in total. The Hall–Kier alpha value is -1.97. The Balaban J connectivity index is 1.48. The van der Waals surface area contributed by atoms with Crippen molar-refractivity contribution in [3.8, 4) is 11.5 Å². The monoisotopic (exact) mass is 394 g/mol. The number of hydrogen-bond donors (Lipinski definition) is 0. The van der Waals surface area contributed by atoms with Gasteiger partial charge in [-0.1, -0.05) is 25.0 Å². The van der Waals surface area contributed by atoms with E-state index in [1.807, 2.05) is 0 Å². The average molecular weight is 395 g/mol. The Bertz CT molecular complexity index is 775. The Morgan fingerprint density at radius 3 is 2.48 bits per heavy atom. The summed E-state index contributed by atoms with van der Waals surface area (Å²) in [5.74, 6) is 2.92. The highest BCUT2D eigenvalue weighted by Crippen LogP contribution is 2.39. The van der Waals surface area contributed by atoms with Gasteiger partial charge < -0.3 is 9.47 Å². The molecule has 2 atom stereocenters. The van der Waals surface area contributed by atoms with Crippen LogP contribution < -0.4 is 9.47 Å². The van der Waals surface area contributed by atoms with Crippen molar-refractivity contribution in [2.45, 2.75) is 76.4 Å². The fourth-order valence-electron chi connectivity index (χ4n) is 5.72. The molecule has 3 aliphatic carbocycles. The van der Waals surface area contributed by atoms with Crippen LogP contribution >= 0.6 is 0 Å². The van der Waals surface area contributed by atoms with E-state index in [2.05, 4.69) is 35.4 Å². The number of allylic oxidation sites excluding steroid dienone is 2. The zero-order valence-electron chi connectivity index (χ0n) is 17.7. The van der Waals surface area contributed by atoms with E-state index in [4.69, 9.17) is 14.6 Å². The van der Waals surface area contributed by atoms with E-state index in [1.165, 1.54) is 56.2 Å². The number of hydrogen-bond acceptors (Lipinski definition) is 4. The van der Waals surface area contributed by atoms with Crippen molar-refractivity contribution in [2.24, 2.45) is 16.9 Å². The van der Waals surface area contributed by atoms with E-state index in [9.17, 15) is 0 Å². The molecule has 0 aromatic heterocycles. The molecule has 2 fully saturated rings. The van der Waals surface area contributed by atoms with Gasteiger partial charge in [0, 0.05) is 24.1 Å². The van der Waals surface area contributed by atoms with Crippen LogP contribution in [0.25, 0.3) is 0 Å². The first-order chi connectivity index (χ1) is 14.3. The number of hydrazone groups is 1. The van der Waals surface area contributed by atoms with E-state index in [0.717, 1.165) is 37.3 Å². The van der Waals surface area contributed by atoms with Gasteiger partial charge in [0.2, 0.25) is 0 Å². The number of ether oxygens (including phenoxy) is 2. The van der Waals surface area contributed by atoms with Gasteiger partial charge in [-0.15, -0.1) is 0 Å². The van der Waals surface area contributed by atoms with Crippen LogP contribution in [0.1, 0.15) is 69.8 Å². The lowest BCUT2D eigenvalue weighted by molar-refractivity contribution is 0.140. The third-order valence-electron chi connectivity index (χ3n) is 7.37. The fourth-order valence-corrected chi connectivity index (χ4v) is 5.72. The summed E-state index contributed by atoms with van der Waals surface area (Å²) in [6.45, 7) is 1.12. The molecule has 1 aromatic rings. The Labute approximate surface area is 175 Å². The van der Waals surface area contributed by atoms with Crippen LogP contribution in [0.3, 0.4) is 0 Å². The van der Waals surface area contributed by atoms with E-state index >= 15 is 0 Å². The largest absolute Gasteiger partial charge is 0.493 e. The molecule has 0 amide bonds. The molecule has 156 valence electrons. The van der Waals surface area contributed by atoms with Crippen LogP contribution in [-0.2, 0) is 0 Å². The Kier molecular flexibility index (Phi) is 5.52. The van der Waals surface area contributed by atoms with Gasteiger partial charge in [0.05, 0.1) is 18.9 Å². The molecule has 1 aliphatic heterocycles. The van der Waals surface area contributed by atoms with E-state index in [0.29, 0.717) is 24.0 Å². The molecular formula is C25H34N2O2. The first kappa shape index (κ1) is 19.0. The highest BCUT2D eigenvalue weighted by Gasteiger charge is 2.36. The zero-order valence-corrected chi connectivity index (χ0v) is 17.7. The minimum absolute atomic E-state index is 0.327. The van der Waals surface area contributed by atoms with Crippen molar-refractivity contribution in [3.05, 3.63) is 35.9 Å². The van der Waals surface area contributed by atoms with E-state index < -0.39 is 0 Å². The number of rotatable bonds is 5. The molecule has 2 saturated carbocycles. The molecule has 5 rings (SSSR count). The van der Waals surface area contributed by atoms with Crippen molar-refractivity contribution in [1.29, 1.82) is 0 Å². The molecule has 1 heterocycles. The maximum absolute atomic E-state index is 6.38. The van der Waals surface area contributed by atoms with Gasteiger partial charge in [-0.3, -0.25) is 5.01 Å². The number of methoxy groups -OCH3 is 1. The lowest BCUT2D eigenvalue weighted by atomic mass is 9.76. The number of fused-ring (bicyclic) bond motifs is 1. The van der Waals surface area contributed by atoms with Gasteiger partial charge in [-0.05, 0) is 75.5 Å². The van der Waals surface area contributed by atoms with Crippen molar-refractivity contribution < 1.29 is 9.47 Å². The summed E-state index contributed by atoms with van der Waals surface area (Å²) in [6.07, 6.45) is 17.5. The third-order valence-corrected chi connectivity index (χ3v) is 7.37. The maximum Gasteiger partial charge on any atom is 0.162 e. The maximum atomic E-state index is 6.38. The summed E-state index contributed by atoms with van der Waals surface area (Å²) in [5, 5.41) is 7.70. The highest BCUT2D eigenvalue weighted by atomic mass is 16.5. The van der Waals surface area contributed by atoms with Gasteiger partial charge in [0.25, 0.3) is 0 Å². The van der Waals surface area contributed by atoms with Gasteiger partial charge in [-0.25, -0.2) is 0 Å². The second-order valence-electron chi connectivity index (χ2n) is 9.24. The molecule has 0 unspecified atom stereocenters. The van der Waals surface area contributed by atoms with Crippen LogP contribution in [0.2, 0.25) is 0 Å². The summed E-state index contributed by atoms with van der Waals surface area (Å²) < 4.78 is 12.0. The molecule has 0 saturated heterocycles. The molecule has 0 spiro atoms. The summed E-state index contributed by atoms with van der Waals surface area (Å²) >= 11 is 0. The first-order valence-electron chi connectivity index (χ1n) is 11.7. The minimum Gasteiger partial charge on any atom is -0.493 e. The van der Waals surface area contributed by atoms with Gasteiger partial charge >= 0.3 is 0 Å². The lowest BCUT2D eigenvalue weighted by Crippen LogP contribution is -2.44. The van der Waals surface area contributed by atoms with Crippen LogP contribution in [0.5, 0.6) is 11.5 Å². The smallest absolute Gasteiger partial charge is 0.162 e. The second-order valence-corrected chi connectivity index (χ2v) is 9.24. The standard InChI is InChI=1S/C25H34N2O2/c1-28-23-15-14-18(16-24(23)29-21-11-5-6-12-21)25-22-13-7-2-8-19(22)17-27(26-25)20-9-3-4-10-20/h2,7,14-16,19-22H,3-6,8-13,17H2,1H3/t19-,22-/m1/s1. The average Bonchev–Trinajstić information content (AvgIpc) is 3.47. The molecule has 1 aromatic carbocycles. The predicted molar refractivity (Wildman–Crippen MR) is 117 cm³/mol. The predicted octanol–water partition coefficient (Wildman–Crippen LogP) is 5.56.